The van der Waals surface area contributed by atoms with Crippen LogP contribution in [0.15, 0.2) is 12.7 Å². The van der Waals surface area contributed by atoms with E-state index in [1.54, 1.807) is 0 Å². The van der Waals surface area contributed by atoms with Gasteiger partial charge in [-0.2, -0.15) is 0 Å². The molecule has 0 saturated heterocycles. The molecule has 0 aliphatic carbocycles. The third-order valence-corrected chi connectivity index (χ3v) is 2.23. The zero-order chi connectivity index (χ0) is 13.1. The fraction of sp³-hybridized carbons (Fsp3) is 0.692. The Kier molecular flexibility index (Phi) is 9.11. The molecule has 0 aromatic carbocycles. The highest BCUT2D eigenvalue weighted by atomic mass is 16.7. The third kappa shape index (κ3) is 9.60. The minimum Gasteiger partial charge on any atom is -0.425 e. The lowest BCUT2D eigenvalue weighted by Gasteiger charge is -2.12. The summed E-state index contributed by atoms with van der Waals surface area (Å²) in [6, 6.07) is 0. The van der Waals surface area contributed by atoms with Crippen LogP contribution in [0.3, 0.4) is 0 Å². The number of carbonyl (C=O) groups excluding carboxylic acids is 2. The lowest BCUT2D eigenvalue weighted by Crippen LogP contribution is -2.20. The van der Waals surface area contributed by atoms with Crippen LogP contribution in [0.2, 0.25) is 0 Å². The molecule has 0 aliphatic rings. The molecule has 0 amide bonds. The van der Waals surface area contributed by atoms with Crippen molar-refractivity contribution in [2.75, 3.05) is 0 Å². The van der Waals surface area contributed by atoms with Crippen molar-refractivity contribution in [2.24, 2.45) is 0 Å². The van der Waals surface area contributed by atoms with Gasteiger partial charge < -0.3 is 9.47 Å². The Morgan fingerprint density at radius 1 is 1.18 bits per heavy atom. The minimum atomic E-state index is -0.844. The van der Waals surface area contributed by atoms with Gasteiger partial charge in [0.05, 0.1) is 0 Å². The molecule has 0 aromatic heterocycles. The van der Waals surface area contributed by atoms with Gasteiger partial charge in [0, 0.05) is 19.4 Å². The quantitative estimate of drug-likeness (QED) is 0.270. The van der Waals surface area contributed by atoms with Gasteiger partial charge in [-0.05, 0) is 6.42 Å². The summed E-state index contributed by atoms with van der Waals surface area (Å²) >= 11 is 0. The van der Waals surface area contributed by atoms with Crippen molar-refractivity contribution in [1.82, 2.24) is 0 Å². The van der Waals surface area contributed by atoms with Gasteiger partial charge in [-0.25, -0.2) is 4.79 Å². The van der Waals surface area contributed by atoms with E-state index in [-0.39, 0.29) is 5.97 Å². The molecule has 0 saturated carbocycles. The van der Waals surface area contributed by atoms with Crippen molar-refractivity contribution in [3.8, 4) is 0 Å². The van der Waals surface area contributed by atoms with Gasteiger partial charge >= 0.3 is 11.9 Å². The summed E-state index contributed by atoms with van der Waals surface area (Å²) in [4.78, 5) is 22.1. The van der Waals surface area contributed by atoms with Crippen LogP contribution < -0.4 is 0 Å². The lowest BCUT2D eigenvalue weighted by molar-refractivity contribution is -0.181. The molecule has 0 rings (SSSR count). The molecule has 4 nitrogen and oxygen atoms in total. The molecule has 0 N–H and O–H groups in total. The maximum atomic E-state index is 11.3. The summed E-state index contributed by atoms with van der Waals surface area (Å²) in [5, 5.41) is 0. The number of ether oxygens (including phenoxy) is 2. The average Bonchev–Trinajstić information content (AvgIpc) is 2.28. The lowest BCUT2D eigenvalue weighted by atomic mass is 10.1. The van der Waals surface area contributed by atoms with Crippen LogP contribution in [0, 0.1) is 0 Å². The van der Waals surface area contributed by atoms with Gasteiger partial charge in [0.15, 0.2) is 0 Å². The van der Waals surface area contributed by atoms with Crippen LogP contribution in [0.5, 0.6) is 0 Å². The van der Waals surface area contributed by atoms with Crippen molar-refractivity contribution < 1.29 is 19.1 Å². The number of esters is 2. The summed E-state index contributed by atoms with van der Waals surface area (Å²) in [6.45, 7) is 6.91. The Hall–Kier alpha value is -1.32. The highest BCUT2D eigenvalue weighted by Crippen LogP contribution is 2.07. The van der Waals surface area contributed by atoms with Gasteiger partial charge in [-0.15, -0.1) is 0 Å². The maximum absolute atomic E-state index is 11.3. The second kappa shape index (κ2) is 9.87. The van der Waals surface area contributed by atoms with E-state index in [4.69, 9.17) is 9.47 Å². The molecule has 4 heteroatoms. The van der Waals surface area contributed by atoms with Gasteiger partial charge in [-0.1, -0.05) is 39.2 Å². The molecule has 0 bridgehead atoms. The van der Waals surface area contributed by atoms with Crippen molar-refractivity contribution in [3.05, 3.63) is 12.7 Å². The first kappa shape index (κ1) is 15.7. The Bertz CT molecular complexity index is 248. The monoisotopic (exact) mass is 242 g/mol. The molecule has 0 aliphatic heterocycles. The van der Waals surface area contributed by atoms with Gasteiger partial charge in [0.1, 0.15) is 0 Å². The van der Waals surface area contributed by atoms with Gasteiger partial charge in [0.2, 0.25) is 6.29 Å². The van der Waals surface area contributed by atoms with E-state index in [0.29, 0.717) is 6.42 Å². The first-order valence-corrected chi connectivity index (χ1v) is 6.12. The van der Waals surface area contributed by atoms with Crippen molar-refractivity contribution in [3.63, 3.8) is 0 Å². The highest BCUT2D eigenvalue weighted by molar-refractivity contribution is 5.81. The molecular formula is C13H22O4. The van der Waals surface area contributed by atoms with Crippen molar-refractivity contribution in [1.29, 1.82) is 0 Å². The van der Waals surface area contributed by atoms with E-state index < -0.39 is 12.3 Å². The van der Waals surface area contributed by atoms with Crippen LogP contribution in [0.1, 0.15) is 52.4 Å². The molecule has 1 atom stereocenters. The molecule has 0 spiro atoms. The normalized spacial score (nSPS) is 11.6. The zero-order valence-electron chi connectivity index (χ0n) is 10.7. The molecule has 98 valence electrons. The molecule has 0 fully saturated rings. The smallest absolute Gasteiger partial charge is 0.333 e. The second-order valence-corrected chi connectivity index (χ2v) is 3.86. The maximum Gasteiger partial charge on any atom is 0.333 e. The summed E-state index contributed by atoms with van der Waals surface area (Å²) < 4.78 is 9.61. The molecule has 0 aromatic rings. The van der Waals surface area contributed by atoms with E-state index in [2.05, 4.69) is 13.5 Å². The predicted octanol–water partition coefficient (Wildman–Crippen LogP) is 2.97. The Labute approximate surface area is 103 Å². The topological polar surface area (TPSA) is 52.6 Å². The van der Waals surface area contributed by atoms with Gasteiger partial charge in [-0.3, -0.25) is 4.79 Å². The molecule has 17 heavy (non-hydrogen) atoms. The van der Waals surface area contributed by atoms with Crippen LogP contribution >= 0.6 is 0 Å². The molecular weight excluding hydrogens is 220 g/mol. The Morgan fingerprint density at radius 2 is 1.82 bits per heavy atom. The average molecular weight is 242 g/mol. The van der Waals surface area contributed by atoms with E-state index in [1.807, 2.05) is 0 Å². The summed E-state index contributed by atoms with van der Waals surface area (Å²) in [7, 11) is 0. The fourth-order valence-corrected chi connectivity index (χ4v) is 1.35. The molecule has 0 heterocycles. The SMILES string of the molecule is C=CC(=O)OC(C)OC(=O)CCCCCCC. The summed E-state index contributed by atoms with van der Waals surface area (Å²) in [5.41, 5.74) is 0. The van der Waals surface area contributed by atoms with Crippen LogP contribution in [-0.2, 0) is 19.1 Å². The Balaban J connectivity index is 3.57. The largest absolute Gasteiger partial charge is 0.425 e. The predicted molar refractivity (Wildman–Crippen MR) is 65.2 cm³/mol. The standard InChI is InChI=1S/C13H22O4/c1-4-6-7-8-9-10-13(15)17-11(3)16-12(14)5-2/h5,11H,2,4,6-10H2,1,3H3. The second-order valence-electron chi connectivity index (χ2n) is 3.86. The van der Waals surface area contributed by atoms with E-state index >= 15 is 0 Å². The van der Waals surface area contributed by atoms with E-state index in [1.165, 1.54) is 19.8 Å². The summed E-state index contributed by atoms with van der Waals surface area (Å²) in [5.74, 6) is -0.917. The number of carbonyl (C=O) groups is 2. The number of hydrogen-bond donors (Lipinski definition) is 0. The van der Waals surface area contributed by atoms with Crippen molar-refractivity contribution in [2.45, 2.75) is 58.7 Å². The van der Waals surface area contributed by atoms with Crippen LogP contribution in [-0.4, -0.2) is 18.2 Å². The van der Waals surface area contributed by atoms with Crippen LogP contribution in [0.25, 0.3) is 0 Å². The third-order valence-electron chi connectivity index (χ3n) is 2.23. The van der Waals surface area contributed by atoms with Crippen LogP contribution in [0.4, 0.5) is 0 Å². The number of rotatable bonds is 9. The van der Waals surface area contributed by atoms with Crippen molar-refractivity contribution >= 4 is 11.9 Å². The minimum absolute atomic E-state index is 0.328. The fourth-order valence-electron chi connectivity index (χ4n) is 1.35. The zero-order valence-corrected chi connectivity index (χ0v) is 10.7. The number of unbranched alkanes of at least 4 members (excludes halogenated alkanes) is 4. The summed E-state index contributed by atoms with van der Waals surface area (Å²) in [6.07, 6.45) is 5.94. The molecule has 1 unspecified atom stereocenters. The Morgan fingerprint density at radius 3 is 2.41 bits per heavy atom. The first-order valence-electron chi connectivity index (χ1n) is 6.12. The number of hydrogen-bond acceptors (Lipinski definition) is 4. The molecule has 0 radical (unpaired) electrons. The van der Waals surface area contributed by atoms with Gasteiger partial charge in [0.25, 0.3) is 0 Å². The first-order chi connectivity index (χ1) is 8.10. The van der Waals surface area contributed by atoms with E-state index in [0.717, 1.165) is 25.3 Å². The highest BCUT2D eigenvalue weighted by Gasteiger charge is 2.11. The van der Waals surface area contributed by atoms with E-state index in [9.17, 15) is 9.59 Å².